The van der Waals surface area contributed by atoms with E-state index < -0.39 is 5.54 Å². The first kappa shape index (κ1) is 14.5. The largest absolute Gasteiger partial charge is 0.378 e. The zero-order valence-electron chi connectivity index (χ0n) is 12.5. The molecule has 0 bridgehead atoms. The highest BCUT2D eigenvalue weighted by molar-refractivity contribution is 5.87. The van der Waals surface area contributed by atoms with Crippen molar-refractivity contribution in [3.05, 3.63) is 35.9 Å². The first-order valence-corrected chi connectivity index (χ1v) is 7.86. The van der Waals surface area contributed by atoms with E-state index in [4.69, 9.17) is 10.5 Å². The predicted octanol–water partition coefficient (Wildman–Crippen LogP) is 1.93. The van der Waals surface area contributed by atoms with Gasteiger partial charge in [-0.3, -0.25) is 4.79 Å². The second-order valence-electron chi connectivity index (χ2n) is 6.44. The van der Waals surface area contributed by atoms with Crippen molar-refractivity contribution in [2.75, 3.05) is 6.61 Å². The maximum Gasteiger partial charge on any atom is 0.244 e. The standard InChI is InChI=1S/C17H24N2O2/c1-17(18,12-6-3-2-4-7-12)16(20)19-14-8-5-9-15-13(14)10-11-21-15/h2-4,6-7,13-15H,5,8-11,18H2,1H3,(H,19,20). The highest BCUT2D eigenvalue weighted by Crippen LogP contribution is 2.34. The number of benzene rings is 1. The molecule has 114 valence electrons. The fraction of sp³-hybridized carbons (Fsp3) is 0.588. The lowest BCUT2D eigenvalue weighted by Gasteiger charge is -2.35. The van der Waals surface area contributed by atoms with Gasteiger partial charge in [0.05, 0.1) is 6.10 Å². The number of hydrogen-bond acceptors (Lipinski definition) is 3. The molecule has 0 spiro atoms. The van der Waals surface area contributed by atoms with Crippen LogP contribution in [-0.4, -0.2) is 24.7 Å². The van der Waals surface area contributed by atoms with Crippen LogP contribution in [0.1, 0.15) is 38.2 Å². The number of ether oxygens (including phenoxy) is 1. The Hall–Kier alpha value is -1.39. The Morgan fingerprint density at radius 1 is 1.29 bits per heavy atom. The summed E-state index contributed by atoms with van der Waals surface area (Å²) in [5, 5.41) is 3.19. The molecule has 1 aromatic carbocycles. The van der Waals surface area contributed by atoms with Gasteiger partial charge in [0.15, 0.2) is 0 Å². The maximum atomic E-state index is 12.6. The number of carbonyl (C=O) groups is 1. The second kappa shape index (κ2) is 5.78. The van der Waals surface area contributed by atoms with Crippen LogP contribution < -0.4 is 11.1 Å². The minimum atomic E-state index is -0.992. The Kier molecular flexibility index (Phi) is 4.00. The van der Waals surface area contributed by atoms with Gasteiger partial charge in [0.1, 0.15) is 5.54 Å². The number of carbonyl (C=O) groups excluding carboxylic acids is 1. The van der Waals surface area contributed by atoms with Crippen LogP contribution in [0.4, 0.5) is 0 Å². The minimum Gasteiger partial charge on any atom is -0.378 e. The highest BCUT2D eigenvalue weighted by Gasteiger charge is 2.40. The van der Waals surface area contributed by atoms with E-state index in [9.17, 15) is 4.79 Å². The molecule has 1 saturated carbocycles. The molecule has 4 unspecified atom stereocenters. The molecule has 4 heteroatoms. The number of amides is 1. The van der Waals surface area contributed by atoms with Gasteiger partial charge in [0.25, 0.3) is 0 Å². The molecule has 1 saturated heterocycles. The molecule has 1 heterocycles. The Morgan fingerprint density at radius 2 is 2.05 bits per heavy atom. The molecular weight excluding hydrogens is 264 g/mol. The molecule has 4 nitrogen and oxygen atoms in total. The molecule has 1 amide bonds. The molecule has 4 atom stereocenters. The third-order valence-electron chi connectivity index (χ3n) is 4.94. The third-order valence-corrected chi connectivity index (χ3v) is 4.94. The van der Waals surface area contributed by atoms with E-state index in [0.717, 1.165) is 37.9 Å². The molecule has 2 fully saturated rings. The molecule has 2 aliphatic rings. The van der Waals surface area contributed by atoms with Crippen LogP contribution in [0.5, 0.6) is 0 Å². The predicted molar refractivity (Wildman–Crippen MR) is 81.6 cm³/mol. The van der Waals surface area contributed by atoms with Crippen LogP contribution >= 0.6 is 0 Å². The Morgan fingerprint density at radius 3 is 2.81 bits per heavy atom. The van der Waals surface area contributed by atoms with Gasteiger partial charge >= 0.3 is 0 Å². The van der Waals surface area contributed by atoms with Gasteiger partial charge in [-0.1, -0.05) is 30.3 Å². The average molecular weight is 288 g/mol. The summed E-state index contributed by atoms with van der Waals surface area (Å²) < 4.78 is 5.76. The number of fused-ring (bicyclic) bond motifs is 1. The summed E-state index contributed by atoms with van der Waals surface area (Å²) in [5.41, 5.74) is 6.15. The highest BCUT2D eigenvalue weighted by atomic mass is 16.5. The van der Waals surface area contributed by atoms with Crippen LogP contribution in [0.15, 0.2) is 30.3 Å². The Balaban J connectivity index is 1.71. The summed E-state index contributed by atoms with van der Waals surface area (Å²) in [6, 6.07) is 9.76. The van der Waals surface area contributed by atoms with Gasteiger partial charge in [-0.25, -0.2) is 0 Å². The molecule has 3 rings (SSSR count). The zero-order chi connectivity index (χ0) is 14.9. The maximum absolute atomic E-state index is 12.6. The van der Waals surface area contributed by atoms with Crippen molar-refractivity contribution in [1.29, 1.82) is 0 Å². The second-order valence-corrected chi connectivity index (χ2v) is 6.44. The molecule has 0 aromatic heterocycles. The summed E-state index contributed by atoms with van der Waals surface area (Å²) >= 11 is 0. The number of nitrogens with two attached hydrogens (primary N) is 1. The first-order chi connectivity index (χ1) is 10.1. The van der Waals surface area contributed by atoms with Gasteiger partial charge in [-0.15, -0.1) is 0 Å². The van der Waals surface area contributed by atoms with Gasteiger partial charge in [0, 0.05) is 18.6 Å². The van der Waals surface area contributed by atoms with E-state index in [1.807, 2.05) is 30.3 Å². The van der Waals surface area contributed by atoms with Crippen molar-refractivity contribution >= 4 is 5.91 Å². The van der Waals surface area contributed by atoms with E-state index >= 15 is 0 Å². The summed E-state index contributed by atoms with van der Waals surface area (Å²) in [7, 11) is 0. The van der Waals surface area contributed by atoms with Crippen molar-refractivity contribution in [2.45, 2.75) is 50.3 Å². The van der Waals surface area contributed by atoms with E-state index in [0.29, 0.717) is 12.0 Å². The van der Waals surface area contributed by atoms with E-state index in [1.54, 1.807) is 6.92 Å². The summed E-state index contributed by atoms with van der Waals surface area (Å²) in [4.78, 5) is 12.6. The molecule has 1 aromatic rings. The van der Waals surface area contributed by atoms with Gasteiger partial charge in [0.2, 0.25) is 5.91 Å². The molecule has 21 heavy (non-hydrogen) atoms. The average Bonchev–Trinajstić information content (AvgIpc) is 2.97. The Labute approximate surface area is 126 Å². The molecule has 1 aliphatic heterocycles. The summed E-state index contributed by atoms with van der Waals surface area (Å²) in [6.45, 7) is 2.60. The van der Waals surface area contributed by atoms with Gasteiger partial charge in [-0.05, 0) is 38.2 Å². The first-order valence-electron chi connectivity index (χ1n) is 7.86. The van der Waals surface area contributed by atoms with Crippen molar-refractivity contribution in [3.63, 3.8) is 0 Å². The van der Waals surface area contributed by atoms with E-state index in [2.05, 4.69) is 5.32 Å². The van der Waals surface area contributed by atoms with Crippen molar-refractivity contribution in [1.82, 2.24) is 5.32 Å². The normalized spacial score (nSPS) is 31.2. The molecule has 1 aliphatic carbocycles. The molecule has 3 N–H and O–H groups in total. The molecular formula is C17H24N2O2. The lowest BCUT2D eigenvalue weighted by molar-refractivity contribution is -0.127. The van der Waals surface area contributed by atoms with E-state index in [-0.39, 0.29) is 11.9 Å². The smallest absolute Gasteiger partial charge is 0.244 e. The van der Waals surface area contributed by atoms with Crippen molar-refractivity contribution < 1.29 is 9.53 Å². The monoisotopic (exact) mass is 288 g/mol. The van der Waals surface area contributed by atoms with Crippen LogP contribution in [0.25, 0.3) is 0 Å². The number of rotatable bonds is 3. The van der Waals surface area contributed by atoms with Crippen molar-refractivity contribution in [3.8, 4) is 0 Å². The van der Waals surface area contributed by atoms with Crippen LogP contribution in [0, 0.1) is 5.92 Å². The topological polar surface area (TPSA) is 64.4 Å². The quantitative estimate of drug-likeness (QED) is 0.893. The third kappa shape index (κ3) is 2.83. The minimum absolute atomic E-state index is 0.0914. The number of nitrogens with one attached hydrogen (secondary N) is 1. The zero-order valence-corrected chi connectivity index (χ0v) is 12.5. The van der Waals surface area contributed by atoms with Crippen molar-refractivity contribution in [2.24, 2.45) is 11.7 Å². The number of hydrogen-bond donors (Lipinski definition) is 2. The molecule has 0 radical (unpaired) electrons. The lowest BCUT2D eigenvalue weighted by atomic mass is 9.81. The fourth-order valence-electron chi connectivity index (χ4n) is 3.59. The van der Waals surface area contributed by atoms with Crippen LogP contribution in [-0.2, 0) is 15.1 Å². The lowest BCUT2D eigenvalue weighted by Crippen LogP contribution is -2.55. The van der Waals surface area contributed by atoms with Gasteiger partial charge < -0.3 is 15.8 Å². The van der Waals surface area contributed by atoms with Crippen LogP contribution in [0.2, 0.25) is 0 Å². The fourth-order valence-corrected chi connectivity index (χ4v) is 3.59. The Bertz CT molecular complexity index is 501. The summed E-state index contributed by atoms with van der Waals surface area (Å²) in [6.07, 6.45) is 4.63. The van der Waals surface area contributed by atoms with Crippen LogP contribution in [0.3, 0.4) is 0 Å². The van der Waals surface area contributed by atoms with E-state index in [1.165, 1.54) is 0 Å². The SMILES string of the molecule is CC(N)(C(=O)NC1CCCC2OCCC12)c1ccccc1. The summed E-state index contributed by atoms with van der Waals surface area (Å²) in [5.74, 6) is 0.362. The van der Waals surface area contributed by atoms with Gasteiger partial charge in [-0.2, -0.15) is 0 Å².